The van der Waals surface area contributed by atoms with E-state index >= 15 is 0 Å². The molecule has 0 radical (unpaired) electrons. The molecule has 3 rings (SSSR count). The van der Waals surface area contributed by atoms with Gasteiger partial charge in [0.1, 0.15) is 0 Å². The SMILES string of the molecule is CCC(=O)N1CCC(N(C)C(=O)Nc2cnc(-c3cccc(C(F)(F)F)c3)cn2)CC1. The van der Waals surface area contributed by atoms with Gasteiger partial charge in [-0.15, -0.1) is 0 Å². The summed E-state index contributed by atoms with van der Waals surface area (Å²) < 4.78 is 38.7. The molecule has 3 amide bonds. The van der Waals surface area contributed by atoms with Gasteiger partial charge in [0.05, 0.1) is 23.7 Å². The Morgan fingerprint density at radius 1 is 1.19 bits per heavy atom. The minimum atomic E-state index is -4.44. The van der Waals surface area contributed by atoms with E-state index in [9.17, 15) is 22.8 Å². The average Bonchev–Trinajstić information content (AvgIpc) is 2.78. The molecule has 1 aromatic carbocycles. The first-order chi connectivity index (χ1) is 14.7. The molecule has 1 saturated heterocycles. The topological polar surface area (TPSA) is 78.4 Å². The van der Waals surface area contributed by atoms with Crippen LogP contribution in [-0.4, -0.2) is 57.9 Å². The molecule has 1 aromatic heterocycles. The lowest BCUT2D eigenvalue weighted by Crippen LogP contribution is -2.48. The number of piperidine rings is 1. The summed E-state index contributed by atoms with van der Waals surface area (Å²) >= 11 is 0. The lowest BCUT2D eigenvalue weighted by atomic mass is 10.0. The Balaban J connectivity index is 1.60. The number of hydrogen-bond acceptors (Lipinski definition) is 4. The number of carbonyl (C=O) groups excluding carboxylic acids is 2. The third-order valence-corrected chi connectivity index (χ3v) is 5.36. The van der Waals surface area contributed by atoms with E-state index in [0.717, 1.165) is 12.1 Å². The third-order valence-electron chi connectivity index (χ3n) is 5.36. The van der Waals surface area contributed by atoms with Gasteiger partial charge in [0.25, 0.3) is 0 Å². The number of nitrogens with one attached hydrogen (secondary N) is 1. The van der Waals surface area contributed by atoms with Crippen molar-refractivity contribution in [2.75, 3.05) is 25.5 Å². The van der Waals surface area contributed by atoms with Crippen molar-refractivity contribution in [1.82, 2.24) is 19.8 Å². The van der Waals surface area contributed by atoms with Crippen LogP contribution in [0.1, 0.15) is 31.7 Å². The van der Waals surface area contributed by atoms with E-state index in [1.165, 1.54) is 24.5 Å². The summed E-state index contributed by atoms with van der Waals surface area (Å²) in [4.78, 5) is 35.9. The van der Waals surface area contributed by atoms with Crippen molar-refractivity contribution in [3.8, 4) is 11.3 Å². The fourth-order valence-electron chi connectivity index (χ4n) is 3.49. The first kappa shape index (κ1) is 22.5. The van der Waals surface area contributed by atoms with Crippen molar-refractivity contribution in [1.29, 1.82) is 0 Å². The van der Waals surface area contributed by atoms with E-state index in [2.05, 4.69) is 15.3 Å². The molecule has 0 aliphatic carbocycles. The van der Waals surface area contributed by atoms with Gasteiger partial charge in [-0.05, 0) is 25.0 Å². The number of halogens is 3. The van der Waals surface area contributed by atoms with Crippen molar-refractivity contribution < 1.29 is 22.8 Å². The average molecular weight is 435 g/mol. The van der Waals surface area contributed by atoms with Gasteiger partial charge in [0.2, 0.25) is 5.91 Å². The number of rotatable bonds is 4. The second-order valence-corrected chi connectivity index (χ2v) is 7.37. The maximum absolute atomic E-state index is 12.9. The molecule has 0 atom stereocenters. The van der Waals surface area contributed by atoms with Gasteiger partial charge in [0, 0.05) is 38.2 Å². The second-order valence-electron chi connectivity index (χ2n) is 7.37. The summed E-state index contributed by atoms with van der Waals surface area (Å²) in [5, 5.41) is 2.65. The molecule has 1 fully saturated rings. The van der Waals surface area contributed by atoms with E-state index in [1.807, 2.05) is 6.92 Å². The zero-order valence-electron chi connectivity index (χ0n) is 17.3. The van der Waals surface area contributed by atoms with Crippen molar-refractivity contribution in [3.63, 3.8) is 0 Å². The molecule has 0 spiro atoms. The van der Waals surface area contributed by atoms with Gasteiger partial charge >= 0.3 is 12.2 Å². The van der Waals surface area contributed by atoms with Crippen LogP contribution < -0.4 is 5.32 Å². The summed E-state index contributed by atoms with van der Waals surface area (Å²) in [5.74, 6) is 0.313. The van der Waals surface area contributed by atoms with Gasteiger partial charge in [0.15, 0.2) is 5.82 Å². The Kier molecular flexibility index (Phi) is 6.77. The van der Waals surface area contributed by atoms with Crippen LogP contribution in [-0.2, 0) is 11.0 Å². The molecular formula is C21H24F3N5O2. The fourth-order valence-corrected chi connectivity index (χ4v) is 3.49. The van der Waals surface area contributed by atoms with E-state index < -0.39 is 11.7 Å². The van der Waals surface area contributed by atoms with E-state index in [-0.39, 0.29) is 35.1 Å². The number of anilines is 1. The van der Waals surface area contributed by atoms with Gasteiger partial charge in [-0.2, -0.15) is 13.2 Å². The maximum atomic E-state index is 12.9. The molecular weight excluding hydrogens is 411 g/mol. The van der Waals surface area contributed by atoms with Crippen LogP contribution in [0.3, 0.4) is 0 Å². The zero-order chi connectivity index (χ0) is 22.6. The zero-order valence-corrected chi connectivity index (χ0v) is 17.3. The molecule has 0 bridgehead atoms. The number of alkyl halides is 3. The van der Waals surface area contributed by atoms with Crippen LogP contribution in [0, 0.1) is 0 Å². The van der Waals surface area contributed by atoms with E-state index in [1.54, 1.807) is 16.8 Å². The monoisotopic (exact) mass is 435 g/mol. The van der Waals surface area contributed by atoms with Crippen molar-refractivity contribution in [2.24, 2.45) is 0 Å². The highest BCUT2D eigenvalue weighted by Gasteiger charge is 2.30. The summed E-state index contributed by atoms with van der Waals surface area (Å²) in [7, 11) is 1.68. The molecule has 1 aliphatic heterocycles. The van der Waals surface area contributed by atoms with Gasteiger partial charge < -0.3 is 9.80 Å². The van der Waals surface area contributed by atoms with Crippen molar-refractivity contribution in [2.45, 2.75) is 38.4 Å². The molecule has 2 heterocycles. The molecule has 1 aliphatic rings. The largest absolute Gasteiger partial charge is 0.416 e. The van der Waals surface area contributed by atoms with Gasteiger partial charge in [-0.25, -0.2) is 9.78 Å². The standard InChI is InChI=1S/C21H24F3N5O2/c1-3-19(30)29-9-7-16(8-10-29)28(2)20(31)27-18-13-25-17(12-26-18)14-5-4-6-15(11-14)21(22,23)24/h4-6,11-13,16H,3,7-10H2,1-2H3,(H,26,27,31). The van der Waals surface area contributed by atoms with Crippen LogP contribution in [0.15, 0.2) is 36.7 Å². The Hall–Kier alpha value is -3.17. The normalized spacial score (nSPS) is 14.9. The molecule has 7 nitrogen and oxygen atoms in total. The first-order valence-electron chi connectivity index (χ1n) is 10.00. The minimum absolute atomic E-state index is 0.00162. The number of nitrogens with zero attached hydrogens (tertiary/aromatic N) is 4. The number of likely N-dealkylation sites (tertiary alicyclic amines) is 1. The summed E-state index contributed by atoms with van der Waals surface area (Å²) in [6.45, 7) is 3.05. The Morgan fingerprint density at radius 2 is 1.90 bits per heavy atom. The highest BCUT2D eigenvalue weighted by molar-refractivity contribution is 5.88. The summed E-state index contributed by atoms with van der Waals surface area (Å²) in [5.41, 5.74) is -0.214. The Labute approximate surface area is 178 Å². The van der Waals surface area contributed by atoms with E-state index in [0.29, 0.717) is 32.4 Å². The minimum Gasteiger partial charge on any atom is -0.343 e. The lowest BCUT2D eigenvalue weighted by molar-refractivity contribution is -0.137. The second kappa shape index (κ2) is 9.32. The van der Waals surface area contributed by atoms with Crippen LogP contribution in [0.4, 0.5) is 23.8 Å². The number of carbonyl (C=O) groups is 2. The highest BCUT2D eigenvalue weighted by Crippen LogP contribution is 2.31. The van der Waals surface area contributed by atoms with Crippen LogP contribution in [0.25, 0.3) is 11.3 Å². The first-order valence-corrected chi connectivity index (χ1v) is 10.00. The van der Waals surface area contributed by atoms with Gasteiger partial charge in [-0.1, -0.05) is 19.1 Å². The molecule has 2 aromatic rings. The van der Waals surface area contributed by atoms with Crippen molar-refractivity contribution in [3.05, 3.63) is 42.2 Å². The molecule has 0 saturated carbocycles. The van der Waals surface area contributed by atoms with E-state index in [4.69, 9.17) is 0 Å². The lowest BCUT2D eigenvalue weighted by Gasteiger charge is -2.36. The molecule has 10 heteroatoms. The maximum Gasteiger partial charge on any atom is 0.416 e. The number of urea groups is 1. The Bertz CT molecular complexity index is 925. The predicted molar refractivity (Wildman–Crippen MR) is 109 cm³/mol. The van der Waals surface area contributed by atoms with Gasteiger partial charge in [-0.3, -0.25) is 15.1 Å². The van der Waals surface area contributed by atoms with Crippen molar-refractivity contribution >= 4 is 17.8 Å². The number of hydrogen-bond donors (Lipinski definition) is 1. The smallest absolute Gasteiger partial charge is 0.343 e. The van der Waals surface area contributed by atoms with Crippen LogP contribution in [0.2, 0.25) is 0 Å². The number of benzene rings is 1. The molecule has 0 unspecified atom stereocenters. The highest BCUT2D eigenvalue weighted by atomic mass is 19.4. The van der Waals surface area contributed by atoms with Crippen LogP contribution >= 0.6 is 0 Å². The number of aromatic nitrogens is 2. The summed E-state index contributed by atoms with van der Waals surface area (Å²) in [6.07, 6.45) is 0.0352. The van der Waals surface area contributed by atoms with Crippen LogP contribution in [0.5, 0.6) is 0 Å². The predicted octanol–water partition coefficient (Wildman–Crippen LogP) is 4.03. The molecule has 1 N–H and O–H groups in total. The fraction of sp³-hybridized carbons (Fsp3) is 0.429. The number of amides is 3. The summed E-state index contributed by atoms with van der Waals surface area (Å²) in [6, 6.07) is 4.46. The molecule has 31 heavy (non-hydrogen) atoms. The third kappa shape index (κ3) is 5.50. The quantitative estimate of drug-likeness (QED) is 0.787. The molecule has 166 valence electrons. The Morgan fingerprint density at radius 3 is 2.48 bits per heavy atom.